The lowest BCUT2D eigenvalue weighted by molar-refractivity contribution is -0.111. The molecular weight excluding hydrogens is 364 g/mol. The molecule has 0 radical (unpaired) electrons. The summed E-state index contributed by atoms with van der Waals surface area (Å²) < 4.78 is 0. The molecular formula is C20H24N2O2S2. The Balaban J connectivity index is 1.83. The van der Waals surface area contributed by atoms with Crippen LogP contribution >= 0.6 is 22.7 Å². The van der Waals surface area contributed by atoms with Gasteiger partial charge in [-0.3, -0.25) is 9.59 Å². The first-order chi connectivity index (χ1) is 12.3. The van der Waals surface area contributed by atoms with Crippen LogP contribution < -0.4 is 11.1 Å². The fourth-order valence-electron chi connectivity index (χ4n) is 3.37. The standard InChI is InChI=1S/C20H24N2O2S2/c1-20(2,3)12-6-8-14-15(11-12)26-19(17(14)18(21)24)22-16(23)9-7-13-5-4-10-25-13/h4-5,7,9-10,12H,6,8,11H2,1-3H3,(H2,21,24)(H,22,23). The molecule has 0 saturated carbocycles. The van der Waals surface area contributed by atoms with Crippen molar-refractivity contribution in [1.82, 2.24) is 0 Å². The van der Waals surface area contributed by atoms with Crippen LogP contribution in [0.1, 0.15) is 52.9 Å². The molecule has 2 aromatic heterocycles. The van der Waals surface area contributed by atoms with Gasteiger partial charge in [-0.15, -0.1) is 22.7 Å². The summed E-state index contributed by atoms with van der Waals surface area (Å²) in [6.07, 6.45) is 6.08. The quantitative estimate of drug-likeness (QED) is 0.745. The van der Waals surface area contributed by atoms with Gasteiger partial charge in [-0.25, -0.2) is 0 Å². The highest BCUT2D eigenvalue weighted by Crippen LogP contribution is 2.44. The normalized spacial score (nSPS) is 17.3. The minimum absolute atomic E-state index is 0.224. The number of carbonyl (C=O) groups is 2. The molecule has 1 aliphatic rings. The Labute approximate surface area is 162 Å². The molecule has 0 fully saturated rings. The Bertz CT molecular complexity index is 842. The number of hydrogen-bond donors (Lipinski definition) is 2. The van der Waals surface area contributed by atoms with Crippen molar-refractivity contribution in [2.24, 2.45) is 17.1 Å². The molecule has 2 amide bonds. The van der Waals surface area contributed by atoms with Gasteiger partial charge in [-0.2, -0.15) is 0 Å². The molecule has 4 nitrogen and oxygen atoms in total. The summed E-state index contributed by atoms with van der Waals surface area (Å²) in [5, 5.41) is 5.40. The Morgan fingerprint density at radius 3 is 2.73 bits per heavy atom. The summed E-state index contributed by atoms with van der Waals surface area (Å²) in [6, 6.07) is 3.88. The molecule has 2 heterocycles. The van der Waals surface area contributed by atoms with E-state index in [2.05, 4.69) is 26.1 Å². The SMILES string of the molecule is CC(C)(C)C1CCc2c(sc(NC(=O)C=Cc3cccs3)c2C(N)=O)C1. The van der Waals surface area contributed by atoms with Gasteiger partial charge >= 0.3 is 0 Å². The summed E-state index contributed by atoms with van der Waals surface area (Å²) >= 11 is 3.06. The maximum absolute atomic E-state index is 12.3. The Hall–Kier alpha value is -1.92. The highest BCUT2D eigenvalue weighted by atomic mass is 32.1. The lowest BCUT2D eigenvalue weighted by Gasteiger charge is -2.33. The maximum Gasteiger partial charge on any atom is 0.251 e. The van der Waals surface area contributed by atoms with Gasteiger partial charge in [0.15, 0.2) is 0 Å². The van der Waals surface area contributed by atoms with Gasteiger partial charge in [-0.1, -0.05) is 26.8 Å². The largest absolute Gasteiger partial charge is 0.365 e. The lowest BCUT2D eigenvalue weighted by atomic mass is 9.72. The fourth-order valence-corrected chi connectivity index (χ4v) is 5.33. The Morgan fingerprint density at radius 1 is 1.35 bits per heavy atom. The zero-order valence-electron chi connectivity index (χ0n) is 15.3. The molecule has 0 spiro atoms. The van der Waals surface area contributed by atoms with Gasteiger partial charge in [0, 0.05) is 15.8 Å². The highest BCUT2D eigenvalue weighted by molar-refractivity contribution is 7.17. The first-order valence-electron chi connectivity index (χ1n) is 8.72. The number of thiophene rings is 2. The molecule has 3 N–H and O–H groups in total. The van der Waals surface area contributed by atoms with E-state index in [1.807, 2.05) is 17.5 Å². The zero-order valence-corrected chi connectivity index (χ0v) is 16.9. The zero-order chi connectivity index (χ0) is 18.9. The van der Waals surface area contributed by atoms with E-state index in [4.69, 9.17) is 5.73 Å². The van der Waals surface area contributed by atoms with E-state index in [0.717, 1.165) is 29.7 Å². The van der Waals surface area contributed by atoms with Crippen LogP contribution in [0.2, 0.25) is 0 Å². The van der Waals surface area contributed by atoms with Gasteiger partial charge in [0.2, 0.25) is 5.91 Å². The summed E-state index contributed by atoms with van der Waals surface area (Å²) in [5.41, 5.74) is 7.38. The minimum atomic E-state index is -0.464. The summed E-state index contributed by atoms with van der Waals surface area (Å²) in [5.74, 6) is -0.141. The number of fused-ring (bicyclic) bond motifs is 1. The lowest BCUT2D eigenvalue weighted by Crippen LogP contribution is -2.27. The fraction of sp³-hybridized carbons (Fsp3) is 0.400. The first kappa shape index (κ1) is 18.9. The van der Waals surface area contributed by atoms with Crippen molar-refractivity contribution in [2.45, 2.75) is 40.0 Å². The minimum Gasteiger partial charge on any atom is -0.365 e. The van der Waals surface area contributed by atoms with Crippen LogP contribution in [-0.4, -0.2) is 11.8 Å². The van der Waals surface area contributed by atoms with Crippen molar-refractivity contribution in [3.63, 3.8) is 0 Å². The molecule has 1 unspecified atom stereocenters. The van der Waals surface area contributed by atoms with Crippen LogP contribution in [0.5, 0.6) is 0 Å². The van der Waals surface area contributed by atoms with Crippen molar-refractivity contribution in [1.29, 1.82) is 0 Å². The number of nitrogens with one attached hydrogen (secondary N) is 1. The monoisotopic (exact) mass is 388 g/mol. The van der Waals surface area contributed by atoms with Crippen LogP contribution in [-0.2, 0) is 17.6 Å². The van der Waals surface area contributed by atoms with Crippen molar-refractivity contribution in [3.8, 4) is 0 Å². The average Bonchev–Trinajstić information content (AvgIpc) is 3.18. The molecule has 0 bridgehead atoms. The number of primary amides is 1. The number of anilines is 1. The maximum atomic E-state index is 12.3. The van der Waals surface area contributed by atoms with Gasteiger partial charge in [0.25, 0.3) is 5.91 Å². The topological polar surface area (TPSA) is 72.2 Å². The molecule has 1 atom stereocenters. The Morgan fingerprint density at radius 2 is 2.12 bits per heavy atom. The van der Waals surface area contributed by atoms with E-state index in [1.165, 1.54) is 22.3 Å². The molecule has 0 aliphatic heterocycles. The number of amides is 2. The molecule has 6 heteroatoms. The van der Waals surface area contributed by atoms with Crippen LogP contribution in [0.15, 0.2) is 23.6 Å². The third-order valence-electron chi connectivity index (χ3n) is 4.92. The van der Waals surface area contributed by atoms with E-state index in [-0.39, 0.29) is 11.3 Å². The van der Waals surface area contributed by atoms with Crippen molar-refractivity contribution in [3.05, 3.63) is 44.5 Å². The van der Waals surface area contributed by atoms with Gasteiger partial charge in [0.05, 0.1) is 5.56 Å². The van der Waals surface area contributed by atoms with E-state index in [9.17, 15) is 9.59 Å². The second kappa shape index (κ2) is 7.37. The number of carbonyl (C=O) groups excluding carboxylic acids is 2. The molecule has 26 heavy (non-hydrogen) atoms. The van der Waals surface area contributed by atoms with Crippen LogP contribution in [0.3, 0.4) is 0 Å². The van der Waals surface area contributed by atoms with Crippen molar-refractivity contribution in [2.75, 3.05) is 5.32 Å². The third kappa shape index (κ3) is 4.07. The van der Waals surface area contributed by atoms with E-state index >= 15 is 0 Å². The number of rotatable bonds is 4. The van der Waals surface area contributed by atoms with Gasteiger partial charge in [0.1, 0.15) is 5.00 Å². The molecule has 2 aromatic rings. The van der Waals surface area contributed by atoms with Crippen LogP contribution in [0, 0.1) is 11.3 Å². The van der Waals surface area contributed by atoms with E-state index < -0.39 is 5.91 Å². The molecule has 0 aromatic carbocycles. The first-order valence-corrected chi connectivity index (χ1v) is 10.4. The number of nitrogens with two attached hydrogens (primary N) is 1. The molecule has 0 saturated heterocycles. The van der Waals surface area contributed by atoms with E-state index in [0.29, 0.717) is 16.5 Å². The van der Waals surface area contributed by atoms with Gasteiger partial charge < -0.3 is 11.1 Å². The summed E-state index contributed by atoms with van der Waals surface area (Å²) in [6.45, 7) is 6.76. The van der Waals surface area contributed by atoms with Crippen LogP contribution in [0.4, 0.5) is 5.00 Å². The second-order valence-corrected chi connectivity index (χ2v) is 9.80. The summed E-state index contributed by atoms with van der Waals surface area (Å²) in [7, 11) is 0. The van der Waals surface area contributed by atoms with Crippen LogP contribution in [0.25, 0.3) is 6.08 Å². The smallest absolute Gasteiger partial charge is 0.251 e. The predicted octanol–water partition coefficient (Wildman–Crippen LogP) is 4.71. The predicted molar refractivity (Wildman–Crippen MR) is 110 cm³/mol. The molecule has 3 rings (SSSR count). The van der Waals surface area contributed by atoms with Crippen molar-refractivity contribution < 1.29 is 9.59 Å². The Kier molecular flexibility index (Phi) is 5.34. The second-order valence-electron chi connectivity index (χ2n) is 7.72. The number of hydrogen-bond acceptors (Lipinski definition) is 4. The highest BCUT2D eigenvalue weighted by Gasteiger charge is 2.33. The molecule has 138 valence electrons. The summed E-state index contributed by atoms with van der Waals surface area (Å²) in [4.78, 5) is 26.5. The van der Waals surface area contributed by atoms with E-state index in [1.54, 1.807) is 17.4 Å². The molecule has 1 aliphatic carbocycles. The average molecular weight is 389 g/mol. The van der Waals surface area contributed by atoms with Gasteiger partial charge in [-0.05, 0) is 53.7 Å². The van der Waals surface area contributed by atoms with Crippen molar-refractivity contribution >= 4 is 45.6 Å². The third-order valence-corrected chi connectivity index (χ3v) is 6.92.